The molecule has 0 aromatic heterocycles. The molecule has 0 fully saturated rings. The van der Waals surface area contributed by atoms with E-state index in [-0.39, 0.29) is 13.0 Å². The third-order valence-electron chi connectivity index (χ3n) is 2.68. The van der Waals surface area contributed by atoms with Gasteiger partial charge in [-0.1, -0.05) is 30.3 Å². The number of benzene rings is 1. The Morgan fingerprint density at radius 2 is 1.81 bits per heavy atom. The van der Waals surface area contributed by atoms with Crippen LogP contribution < -0.4 is 16.4 Å². The summed E-state index contributed by atoms with van der Waals surface area (Å²) in [6.45, 7) is -0.0456. The number of aliphatic carboxylic acids is 1. The van der Waals surface area contributed by atoms with Crippen molar-refractivity contribution in [1.82, 2.24) is 10.6 Å². The quantitative estimate of drug-likeness (QED) is 0.454. The number of nitrogens with one attached hydrogen (secondary N) is 2. The van der Waals surface area contributed by atoms with Crippen molar-refractivity contribution in [2.45, 2.75) is 18.6 Å². The number of hydrogen-bond acceptors (Lipinski definition) is 4. The van der Waals surface area contributed by atoms with Crippen molar-refractivity contribution in [2.24, 2.45) is 5.73 Å². The second-order valence-corrected chi connectivity index (χ2v) is 4.29. The fourth-order valence-electron chi connectivity index (χ4n) is 1.65. The van der Waals surface area contributed by atoms with Gasteiger partial charge in [-0.05, 0) is 5.56 Å². The van der Waals surface area contributed by atoms with Gasteiger partial charge < -0.3 is 26.6 Å². The lowest BCUT2D eigenvalue weighted by molar-refractivity contribution is -0.147. The van der Waals surface area contributed by atoms with Crippen molar-refractivity contribution in [1.29, 1.82) is 0 Å². The number of primary amides is 1. The van der Waals surface area contributed by atoms with Gasteiger partial charge in [-0.2, -0.15) is 0 Å². The molecule has 0 aliphatic rings. The zero-order chi connectivity index (χ0) is 15.8. The van der Waals surface area contributed by atoms with Crippen molar-refractivity contribution >= 4 is 17.9 Å². The second-order valence-electron chi connectivity index (χ2n) is 4.29. The van der Waals surface area contributed by atoms with E-state index in [9.17, 15) is 14.4 Å². The third-order valence-corrected chi connectivity index (χ3v) is 2.68. The van der Waals surface area contributed by atoms with Crippen molar-refractivity contribution in [3.8, 4) is 0 Å². The molecule has 0 bridgehead atoms. The molecule has 0 aliphatic heterocycles. The standard InChI is InChI=1S/C13H17N3O5/c14-13(21)16-10(8-4-2-1-3-5-8)11(18)15-7-6-9(17)12(19)20/h1-5,9-10,17H,6-7H2,(H,15,18)(H,19,20)(H3,14,16,21)/t9-,10?/m0/s1. The smallest absolute Gasteiger partial charge is 0.332 e. The maximum atomic E-state index is 12.0. The molecule has 1 unspecified atom stereocenters. The highest BCUT2D eigenvalue weighted by atomic mass is 16.4. The van der Waals surface area contributed by atoms with Gasteiger partial charge in [0.2, 0.25) is 5.91 Å². The Bertz CT molecular complexity index is 506. The Labute approximate surface area is 120 Å². The Hall–Kier alpha value is -2.61. The molecule has 3 amide bonds. The summed E-state index contributed by atoms with van der Waals surface area (Å²) in [7, 11) is 0. The average Bonchev–Trinajstić information content (AvgIpc) is 2.45. The van der Waals surface area contributed by atoms with E-state index in [2.05, 4.69) is 10.6 Å². The number of aliphatic hydroxyl groups is 1. The number of carboxylic acids is 1. The van der Waals surface area contributed by atoms with E-state index in [4.69, 9.17) is 15.9 Å². The molecular weight excluding hydrogens is 278 g/mol. The number of urea groups is 1. The van der Waals surface area contributed by atoms with Crippen LogP contribution >= 0.6 is 0 Å². The van der Waals surface area contributed by atoms with Gasteiger partial charge in [-0.3, -0.25) is 4.79 Å². The number of carboxylic acid groups (broad SMARTS) is 1. The molecule has 8 nitrogen and oxygen atoms in total. The van der Waals surface area contributed by atoms with Gasteiger partial charge in [0.1, 0.15) is 6.04 Å². The lowest BCUT2D eigenvalue weighted by Crippen LogP contribution is -2.43. The van der Waals surface area contributed by atoms with E-state index >= 15 is 0 Å². The molecule has 0 heterocycles. The van der Waals surface area contributed by atoms with E-state index < -0.39 is 30.1 Å². The first-order valence-corrected chi connectivity index (χ1v) is 6.21. The first kappa shape index (κ1) is 16.4. The van der Waals surface area contributed by atoms with Crippen LogP contribution in [-0.2, 0) is 9.59 Å². The highest BCUT2D eigenvalue weighted by molar-refractivity contribution is 5.87. The molecule has 114 valence electrons. The molecule has 0 radical (unpaired) electrons. The van der Waals surface area contributed by atoms with Crippen LogP contribution in [0.15, 0.2) is 30.3 Å². The molecule has 1 aromatic rings. The summed E-state index contributed by atoms with van der Waals surface area (Å²) in [5.41, 5.74) is 5.57. The monoisotopic (exact) mass is 295 g/mol. The van der Waals surface area contributed by atoms with Crippen molar-refractivity contribution in [2.75, 3.05) is 6.54 Å². The number of carbonyl (C=O) groups is 3. The molecule has 0 aliphatic carbocycles. The molecule has 1 aromatic carbocycles. The normalized spacial score (nSPS) is 13.0. The van der Waals surface area contributed by atoms with Gasteiger partial charge in [0.15, 0.2) is 6.10 Å². The number of nitrogens with two attached hydrogens (primary N) is 1. The van der Waals surface area contributed by atoms with Crippen LogP contribution in [0.5, 0.6) is 0 Å². The summed E-state index contributed by atoms with van der Waals surface area (Å²) in [6.07, 6.45) is -1.69. The molecule has 1 rings (SSSR count). The fourth-order valence-corrected chi connectivity index (χ4v) is 1.65. The largest absolute Gasteiger partial charge is 0.479 e. The van der Waals surface area contributed by atoms with Crippen LogP contribution in [0.2, 0.25) is 0 Å². The summed E-state index contributed by atoms with van der Waals surface area (Å²) >= 11 is 0. The number of amides is 3. The zero-order valence-electron chi connectivity index (χ0n) is 11.2. The van der Waals surface area contributed by atoms with Gasteiger partial charge in [0.05, 0.1) is 0 Å². The Kier molecular flexibility index (Phi) is 6.15. The molecule has 0 saturated heterocycles. The number of carbonyl (C=O) groups excluding carboxylic acids is 2. The van der Waals surface area contributed by atoms with Crippen molar-refractivity contribution < 1.29 is 24.6 Å². The predicted octanol–water partition coefficient (Wildman–Crippen LogP) is -0.652. The molecular formula is C13H17N3O5. The summed E-state index contributed by atoms with van der Waals surface area (Å²) in [5.74, 6) is -1.91. The lowest BCUT2D eigenvalue weighted by Gasteiger charge is -2.18. The summed E-state index contributed by atoms with van der Waals surface area (Å²) in [6, 6.07) is 6.61. The second kappa shape index (κ2) is 7.85. The summed E-state index contributed by atoms with van der Waals surface area (Å²) < 4.78 is 0. The minimum atomic E-state index is -1.55. The highest BCUT2D eigenvalue weighted by Crippen LogP contribution is 2.12. The maximum absolute atomic E-state index is 12.0. The highest BCUT2D eigenvalue weighted by Gasteiger charge is 2.22. The number of aliphatic hydroxyl groups excluding tert-OH is 1. The molecule has 8 heteroatoms. The van der Waals surface area contributed by atoms with Crippen LogP contribution in [-0.4, -0.2) is 40.8 Å². The van der Waals surface area contributed by atoms with E-state index in [1.807, 2.05) is 0 Å². The van der Waals surface area contributed by atoms with E-state index in [1.54, 1.807) is 30.3 Å². The molecule has 2 atom stereocenters. The molecule has 21 heavy (non-hydrogen) atoms. The van der Waals surface area contributed by atoms with Crippen LogP contribution in [0.1, 0.15) is 18.0 Å². The van der Waals surface area contributed by atoms with Crippen LogP contribution in [0.25, 0.3) is 0 Å². The zero-order valence-corrected chi connectivity index (χ0v) is 11.2. The Morgan fingerprint density at radius 1 is 1.19 bits per heavy atom. The van der Waals surface area contributed by atoms with Gasteiger partial charge in [-0.15, -0.1) is 0 Å². The third kappa shape index (κ3) is 5.49. The van der Waals surface area contributed by atoms with E-state index in [1.165, 1.54) is 0 Å². The number of hydrogen-bond donors (Lipinski definition) is 5. The van der Waals surface area contributed by atoms with E-state index in [0.717, 1.165) is 0 Å². The minimum Gasteiger partial charge on any atom is -0.479 e. The van der Waals surface area contributed by atoms with Gasteiger partial charge >= 0.3 is 12.0 Å². The predicted molar refractivity (Wildman–Crippen MR) is 73.2 cm³/mol. The van der Waals surface area contributed by atoms with Crippen LogP contribution in [0.3, 0.4) is 0 Å². The van der Waals surface area contributed by atoms with Crippen molar-refractivity contribution in [3.63, 3.8) is 0 Å². The molecule has 0 saturated carbocycles. The lowest BCUT2D eigenvalue weighted by atomic mass is 10.1. The minimum absolute atomic E-state index is 0.0456. The summed E-state index contributed by atoms with van der Waals surface area (Å²) in [4.78, 5) is 33.4. The van der Waals surface area contributed by atoms with Crippen molar-refractivity contribution in [3.05, 3.63) is 35.9 Å². The van der Waals surface area contributed by atoms with Gasteiger partial charge in [0.25, 0.3) is 0 Å². The fraction of sp³-hybridized carbons (Fsp3) is 0.308. The topological polar surface area (TPSA) is 142 Å². The Morgan fingerprint density at radius 3 is 2.33 bits per heavy atom. The SMILES string of the molecule is NC(=O)NC(C(=O)NCC[C@H](O)C(=O)O)c1ccccc1. The summed E-state index contributed by atoms with van der Waals surface area (Å²) in [5, 5.41) is 22.4. The average molecular weight is 295 g/mol. The van der Waals surface area contributed by atoms with Crippen LogP contribution in [0.4, 0.5) is 4.79 Å². The first-order valence-electron chi connectivity index (χ1n) is 6.21. The maximum Gasteiger partial charge on any atom is 0.332 e. The molecule has 0 spiro atoms. The Balaban J connectivity index is 2.65. The van der Waals surface area contributed by atoms with E-state index in [0.29, 0.717) is 5.56 Å². The van der Waals surface area contributed by atoms with Gasteiger partial charge in [0, 0.05) is 13.0 Å². The molecule has 6 N–H and O–H groups in total. The van der Waals surface area contributed by atoms with Crippen LogP contribution in [0, 0.1) is 0 Å². The number of rotatable bonds is 7. The van der Waals surface area contributed by atoms with Gasteiger partial charge in [-0.25, -0.2) is 9.59 Å². The first-order chi connectivity index (χ1) is 9.91.